The topological polar surface area (TPSA) is 69.1 Å². The summed E-state index contributed by atoms with van der Waals surface area (Å²) < 4.78 is 5.35. The predicted molar refractivity (Wildman–Crippen MR) is 123 cm³/mol. The Morgan fingerprint density at radius 3 is 2.63 bits per heavy atom. The Bertz CT molecular complexity index is 611. The maximum atomic E-state index is 10.7. The number of β-amino-alcohol motifs (C(OH)–C–C–N with tert-alkyl or cyclic N) is 1. The van der Waals surface area contributed by atoms with Gasteiger partial charge in [0.1, 0.15) is 0 Å². The average Bonchev–Trinajstić information content (AvgIpc) is 2.59. The van der Waals surface area contributed by atoms with Gasteiger partial charge in [-0.3, -0.25) is 4.90 Å². The number of nitrogens with zero attached hydrogens (tertiary/aromatic N) is 2. The molecule has 1 heterocycles. The number of hydrogen-bond donors (Lipinski definition) is 3. The first-order valence-electron chi connectivity index (χ1n) is 8.88. The lowest BCUT2D eigenvalue weighted by atomic mass is 10.1. The van der Waals surface area contributed by atoms with Crippen LogP contribution < -0.4 is 10.6 Å². The van der Waals surface area contributed by atoms with Gasteiger partial charge in [-0.15, -0.1) is 24.0 Å². The highest BCUT2D eigenvalue weighted by Gasteiger charge is 2.25. The number of ether oxygens (including phenoxy) is 1. The van der Waals surface area contributed by atoms with Crippen molar-refractivity contribution >= 4 is 53.1 Å². The molecule has 0 saturated carbocycles. The Labute approximate surface area is 188 Å². The van der Waals surface area contributed by atoms with Crippen LogP contribution in [0.5, 0.6) is 0 Å². The number of halogens is 3. The van der Waals surface area contributed by atoms with Crippen LogP contribution >= 0.6 is 47.2 Å². The highest BCUT2D eigenvalue weighted by molar-refractivity contribution is 14.0. The summed E-state index contributed by atoms with van der Waals surface area (Å²) in [6.45, 7) is 9.09. The molecule has 154 valence electrons. The van der Waals surface area contributed by atoms with Crippen LogP contribution in [0.25, 0.3) is 0 Å². The van der Waals surface area contributed by atoms with E-state index in [1.807, 2.05) is 19.9 Å². The van der Waals surface area contributed by atoms with Crippen molar-refractivity contribution in [3.63, 3.8) is 0 Å². The molecule has 1 fully saturated rings. The second-order valence-electron chi connectivity index (χ2n) is 6.67. The first-order chi connectivity index (χ1) is 12.4. The zero-order chi connectivity index (χ0) is 19.0. The van der Waals surface area contributed by atoms with Crippen molar-refractivity contribution in [2.45, 2.75) is 26.0 Å². The van der Waals surface area contributed by atoms with Gasteiger partial charge in [0.2, 0.25) is 0 Å². The molecule has 1 saturated heterocycles. The molecular weight excluding hydrogens is 502 g/mol. The minimum absolute atomic E-state index is 0. The molecule has 1 aliphatic rings. The number of guanidine groups is 1. The van der Waals surface area contributed by atoms with E-state index < -0.39 is 5.60 Å². The van der Waals surface area contributed by atoms with Gasteiger partial charge in [-0.25, -0.2) is 4.99 Å². The van der Waals surface area contributed by atoms with Gasteiger partial charge in [0.25, 0.3) is 0 Å². The number of aliphatic hydroxyl groups is 1. The third-order valence-electron chi connectivity index (χ3n) is 4.07. The molecule has 1 atom stereocenters. The monoisotopic (exact) mass is 530 g/mol. The van der Waals surface area contributed by atoms with E-state index in [2.05, 4.69) is 20.5 Å². The van der Waals surface area contributed by atoms with E-state index >= 15 is 0 Å². The molecule has 0 aromatic heterocycles. The Morgan fingerprint density at radius 1 is 1.30 bits per heavy atom. The molecule has 1 aromatic rings. The van der Waals surface area contributed by atoms with Gasteiger partial charge in [0.15, 0.2) is 5.96 Å². The quantitative estimate of drug-likeness (QED) is 0.287. The zero-order valence-corrected chi connectivity index (χ0v) is 19.6. The van der Waals surface area contributed by atoms with Crippen molar-refractivity contribution in [3.8, 4) is 0 Å². The van der Waals surface area contributed by atoms with Gasteiger partial charge in [-0.1, -0.05) is 29.3 Å². The summed E-state index contributed by atoms with van der Waals surface area (Å²) in [5.74, 6) is 0.640. The lowest BCUT2D eigenvalue weighted by Crippen LogP contribution is -2.52. The summed E-state index contributed by atoms with van der Waals surface area (Å²) in [5, 5.41) is 18.3. The summed E-state index contributed by atoms with van der Waals surface area (Å²) in [6.07, 6.45) is 0. The largest absolute Gasteiger partial charge is 0.387 e. The maximum absolute atomic E-state index is 10.7. The molecule has 9 heteroatoms. The van der Waals surface area contributed by atoms with Crippen molar-refractivity contribution in [2.75, 3.05) is 45.9 Å². The second kappa shape index (κ2) is 12.3. The first-order valence-corrected chi connectivity index (χ1v) is 9.64. The number of morpholine rings is 1. The average molecular weight is 531 g/mol. The predicted octanol–water partition coefficient (Wildman–Crippen LogP) is 2.75. The first kappa shape index (κ1) is 24.7. The zero-order valence-electron chi connectivity index (χ0n) is 15.8. The van der Waals surface area contributed by atoms with Crippen LogP contribution in [-0.4, -0.2) is 67.5 Å². The maximum Gasteiger partial charge on any atom is 0.191 e. The van der Waals surface area contributed by atoms with Gasteiger partial charge >= 0.3 is 0 Å². The van der Waals surface area contributed by atoms with Crippen molar-refractivity contribution in [3.05, 3.63) is 33.8 Å². The fraction of sp³-hybridized carbons (Fsp3) is 0.611. The SMILES string of the molecule is CCNC(=NCc1ccc(Cl)cc1Cl)NCC(C)(O)CN1CCOCC1.I. The lowest BCUT2D eigenvalue weighted by Gasteiger charge is -2.34. The summed E-state index contributed by atoms with van der Waals surface area (Å²) in [4.78, 5) is 6.76. The minimum Gasteiger partial charge on any atom is -0.387 e. The number of benzene rings is 1. The van der Waals surface area contributed by atoms with Crippen LogP contribution in [-0.2, 0) is 11.3 Å². The van der Waals surface area contributed by atoms with Gasteiger partial charge in [0, 0.05) is 42.8 Å². The van der Waals surface area contributed by atoms with Crippen LogP contribution in [0.15, 0.2) is 23.2 Å². The Balaban J connectivity index is 0.00000364. The van der Waals surface area contributed by atoms with Gasteiger partial charge in [-0.2, -0.15) is 0 Å². The minimum atomic E-state index is -0.870. The molecule has 0 spiro atoms. The van der Waals surface area contributed by atoms with E-state index in [1.165, 1.54) is 0 Å². The fourth-order valence-electron chi connectivity index (χ4n) is 2.73. The summed E-state index contributed by atoms with van der Waals surface area (Å²) in [5.41, 5.74) is 0.0270. The normalized spacial score (nSPS) is 17.7. The molecule has 3 N–H and O–H groups in total. The van der Waals surface area contributed by atoms with Crippen molar-refractivity contribution in [1.29, 1.82) is 0 Å². The van der Waals surface area contributed by atoms with Crippen molar-refractivity contribution in [1.82, 2.24) is 15.5 Å². The van der Waals surface area contributed by atoms with E-state index in [-0.39, 0.29) is 24.0 Å². The second-order valence-corrected chi connectivity index (χ2v) is 7.51. The lowest BCUT2D eigenvalue weighted by molar-refractivity contribution is -0.0201. The van der Waals surface area contributed by atoms with E-state index in [0.29, 0.717) is 35.6 Å². The van der Waals surface area contributed by atoms with Crippen molar-refractivity contribution in [2.24, 2.45) is 4.99 Å². The molecule has 0 bridgehead atoms. The third kappa shape index (κ3) is 9.15. The van der Waals surface area contributed by atoms with E-state index in [1.54, 1.807) is 12.1 Å². The molecule has 0 radical (unpaired) electrons. The number of rotatable bonds is 7. The van der Waals surface area contributed by atoms with Crippen molar-refractivity contribution < 1.29 is 9.84 Å². The van der Waals surface area contributed by atoms with Crippen LogP contribution in [0.1, 0.15) is 19.4 Å². The Morgan fingerprint density at radius 2 is 2.00 bits per heavy atom. The molecule has 27 heavy (non-hydrogen) atoms. The number of hydrogen-bond acceptors (Lipinski definition) is 4. The molecule has 1 aliphatic heterocycles. The molecule has 6 nitrogen and oxygen atoms in total. The van der Waals surface area contributed by atoms with Gasteiger partial charge in [-0.05, 0) is 31.5 Å². The Kier molecular flexibility index (Phi) is 11.2. The summed E-state index contributed by atoms with van der Waals surface area (Å²) in [6, 6.07) is 5.37. The molecule has 0 aliphatic carbocycles. The standard InChI is InChI=1S/C18H28Cl2N4O2.HI/c1-3-21-17(22-11-14-4-5-15(19)10-16(14)20)23-12-18(2,25)13-24-6-8-26-9-7-24;/h4-5,10,25H,3,6-9,11-13H2,1-2H3,(H2,21,22,23);1H. The van der Waals surface area contributed by atoms with Crippen LogP contribution in [0.2, 0.25) is 10.0 Å². The smallest absolute Gasteiger partial charge is 0.191 e. The van der Waals surface area contributed by atoms with Crippen LogP contribution in [0.4, 0.5) is 0 Å². The van der Waals surface area contributed by atoms with E-state index in [4.69, 9.17) is 27.9 Å². The van der Waals surface area contributed by atoms with E-state index in [9.17, 15) is 5.11 Å². The summed E-state index contributed by atoms with van der Waals surface area (Å²) in [7, 11) is 0. The molecular formula is C18H29Cl2IN4O2. The van der Waals surface area contributed by atoms with Crippen LogP contribution in [0, 0.1) is 0 Å². The highest BCUT2D eigenvalue weighted by atomic mass is 127. The highest BCUT2D eigenvalue weighted by Crippen LogP contribution is 2.21. The molecule has 0 amide bonds. The molecule has 2 rings (SSSR count). The van der Waals surface area contributed by atoms with Gasteiger partial charge < -0.3 is 20.5 Å². The number of aliphatic imine (C=N–C) groups is 1. The van der Waals surface area contributed by atoms with Gasteiger partial charge in [0.05, 0.1) is 25.4 Å². The third-order valence-corrected chi connectivity index (χ3v) is 4.66. The van der Waals surface area contributed by atoms with Crippen LogP contribution in [0.3, 0.4) is 0 Å². The number of nitrogens with one attached hydrogen (secondary N) is 2. The summed E-state index contributed by atoms with van der Waals surface area (Å²) >= 11 is 12.1. The Hall–Kier alpha value is -0.320. The molecule has 1 aromatic carbocycles. The molecule has 1 unspecified atom stereocenters. The van der Waals surface area contributed by atoms with E-state index in [0.717, 1.165) is 38.4 Å². The fourth-order valence-corrected chi connectivity index (χ4v) is 3.20.